The lowest BCUT2D eigenvalue weighted by Gasteiger charge is -2.23. The normalized spacial score (nSPS) is 30.2. The Morgan fingerprint density at radius 1 is 1.43 bits per heavy atom. The first-order valence-corrected chi connectivity index (χ1v) is 6.57. The first kappa shape index (κ1) is 15.1. The maximum absolute atomic E-state index is 10.3. The van der Waals surface area contributed by atoms with Gasteiger partial charge in [-0.05, 0) is 0 Å². The highest BCUT2D eigenvalue weighted by Gasteiger charge is 2.54. The highest BCUT2D eigenvalue weighted by molar-refractivity contribution is 5.77. The molecular weight excluding hydrogens is 302 g/mol. The van der Waals surface area contributed by atoms with Crippen molar-refractivity contribution in [3.8, 4) is 30.6 Å². The number of rotatable bonds is 2. The van der Waals surface area contributed by atoms with Crippen LogP contribution in [0.2, 0.25) is 0 Å². The SMILES string of the molecule is C#C[C@@H]1[C@H](n2cnc3c(O)nc(N)nc32)O[C@](C#C)(CO)[C@H]1O. The summed E-state index contributed by atoms with van der Waals surface area (Å²) in [5.74, 6) is 3.22. The summed E-state index contributed by atoms with van der Waals surface area (Å²) in [5, 5.41) is 29.6. The molecule has 23 heavy (non-hydrogen) atoms. The van der Waals surface area contributed by atoms with Gasteiger partial charge in [0.05, 0.1) is 18.9 Å². The van der Waals surface area contributed by atoms with E-state index in [9.17, 15) is 15.3 Å². The Morgan fingerprint density at radius 3 is 2.78 bits per heavy atom. The number of terminal acetylenes is 2. The van der Waals surface area contributed by atoms with E-state index in [-0.39, 0.29) is 17.1 Å². The largest absolute Gasteiger partial charge is 0.492 e. The smallest absolute Gasteiger partial charge is 0.244 e. The third-order valence-corrected chi connectivity index (χ3v) is 3.82. The number of nitrogen functional groups attached to an aromatic ring is 1. The van der Waals surface area contributed by atoms with Crippen LogP contribution in [0.3, 0.4) is 0 Å². The summed E-state index contributed by atoms with van der Waals surface area (Å²) in [5.41, 5.74) is 4.14. The number of aliphatic hydroxyl groups is 2. The summed E-state index contributed by atoms with van der Waals surface area (Å²) in [6.45, 7) is -0.617. The molecule has 3 rings (SSSR count). The van der Waals surface area contributed by atoms with Gasteiger partial charge in [0.2, 0.25) is 11.8 Å². The number of imidazole rings is 1. The summed E-state index contributed by atoms with van der Waals surface area (Å²) < 4.78 is 7.04. The van der Waals surface area contributed by atoms with Crippen molar-refractivity contribution < 1.29 is 20.1 Å². The fraction of sp³-hybridized carbons (Fsp3) is 0.357. The molecule has 3 heterocycles. The predicted octanol–water partition coefficient (Wildman–Crippen LogP) is -1.38. The number of aromatic nitrogens is 4. The zero-order valence-corrected chi connectivity index (χ0v) is 11.8. The summed E-state index contributed by atoms with van der Waals surface area (Å²) in [4.78, 5) is 11.6. The molecule has 0 aliphatic carbocycles. The van der Waals surface area contributed by atoms with Crippen molar-refractivity contribution in [1.82, 2.24) is 19.5 Å². The number of nitrogens with zero attached hydrogens (tertiary/aromatic N) is 4. The second-order valence-electron chi connectivity index (χ2n) is 5.07. The molecule has 4 atom stereocenters. The summed E-state index contributed by atoms with van der Waals surface area (Å²) in [6, 6.07) is 0. The van der Waals surface area contributed by atoms with Gasteiger partial charge in [-0.25, -0.2) is 4.98 Å². The van der Waals surface area contributed by atoms with Crippen molar-refractivity contribution in [3.05, 3.63) is 6.33 Å². The van der Waals surface area contributed by atoms with E-state index in [1.807, 2.05) is 0 Å². The molecule has 1 aliphatic heterocycles. The van der Waals surface area contributed by atoms with E-state index in [2.05, 4.69) is 26.8 Å². The Balaban J connectivity index is 2.16. The van der Waals surface area contributed by atoms with Crippen molar-refractivity contribution in [1.29, 1.82) is 0 Å². The first-order chi connectivity index (χ1) is 11.0. The first-order valence-electron chi connectivity index (χ1n) is 6.57. The molecule has 2 aromatic heterocycles. The second-order valence-corrected chi connectivity index (χ2v) is 5.07. The Morgan fingerprint density at radius 2 is 2.17 bits per heavy atom. The molecular formula is C14H13N5O4. The average molecular weight is 315 g/mol. The second kappa shape index (κ2) is 5.11. The monoisotopic (exact) mass is 315 g/mol. The molecule has 1 aliphatic rings. The van der Waals surface area contributed by atoms with Crippen LogP contribution in [0.5, 0.6) is 5.88 Å². The molecule has 1 fully saturated rings. The Bertz CT molecular complexity index is 851. The number of aromatic hydroxyl groups is 1. The van der Waals surface area contributed by atoms with Crippen molar-refractivity contribution in [2.45, 2.75) is 17.9 Å². The highest BCUT2D eigenvalue weighted by atomic mass is 16.6. The predicted molar refractivity (Wildman–Crippen MR) is 78.5 cm³/mol. The van der Waals surface area contributed by atoms with E-state index < -0.39 is 36.3 Å². The molecule has 9 heteroatoms. The van der Waals surface area contributed by atoms with Gasteiger partial charge in [0.1, 0.15) is 6.10 Å². The van der Waals surface area contributed by atoms with Crippen LogP contribution < -0.4 is 5.73 Å². The number of hydrogen-bond donors (Lipinski definition) is 4. The summed E-state index contributed by atoms with van der Waals surface area (Å²) in [7, 11) is 0. The molecule has 2 aromatic rings. The minimum absolute atomic E-state index is 0.0928. The molecule has 0 spiro atoms. The van der Waals surface area contributed by atoms with E-state index in [1.165, 1.54) is 10.9 Å². The van der Waals surface area contributed by atoms with Gasteiger partial charge >= 0.3 is 0 Å². The van der Waals surface area contributed by atoms with Gasteiger partial charge < -0.3 is 25.8 Å². The quantitative estimate of drug-likeness (QED) is 0.497. The van der Waals surface area contributed by atoms with Crippen LogP contribution in [0.15, 0.2) is 6.33 Å². The van der Waals surface area contributed by atoms with E-state index in [1.54, 1.807) is 0 Å². The minimum atomic E-state index is -1.64. The summed E-state index contributed by atoms with van der Waals surface area (Å²) in [6.07, 6.45) is 9.93. The number of anilines is 1. The zero-order chi connectivity index (χ0) is 16.8. The van der Waals surface area contributed by atoms with Gasteiger partial charge in [-0.2, -0.15) is 9.97 Å². The Labute approximate surface area is 130 Å². The van der Waals surface area contributed by atoms with E-state index in [0.29, 0.717) is 0 Å². The standard InChI is InChI=1S/C14H13N5O4/c1-3-7-9(21)14(4-2,5-20)23-12(7)19-6-16-8-10(19)17-13(15)18-11(8)22/h1-2,6-7,9,12,20-21H,5H2,(H3,15,17,18,22)/t7-,9-,12+,14+/m0/s1. The zero-order valence-electron chi connectivity index (χ0n) is 11.8. The molecule has 0 aromatic carbocycles. The Kier molecular flexibility index (Phi) is 3.34. The lowest BCUT2D eigenvalue weighted by molar-refractivity contribution is -0.0894. The van der Waals surface area contributed by atoms with E-state index in [4.69, 9.17) is 23.3 Å². The van der Waals surface area contributed by atoms with Crippen molar-refractivity contribution in [3.63, 3.8) is 0 Å². The fourth-order valence-electron chi connectivity index (χ4n) is 2.61. The third-order valence-electron chi connectivity index (χ3n) is 3.82. The number of aliphatic hydroxyl groups excluding tert-OH is 2. The van der Waals surface area contributed by atoms with E-state index >= 15 is 0 Å². The Hall–Kier alpha value is -2.85. The number of ether oxygens (including phenoxy) is 1. The third kappa shape index (κ3) is 1.99. The topological polar surface area (TPSA) is 140 Å². The van der Waals surface area contributed by atoms with Crippen molar-refractivity contribution >= 4 is 17.1 Å². The van der Waals surface area contributed by atoms with Crippen LogP contribution in [0.25, 0.3) is 11.2 Å². The van der Waals surface area contributed by atoms with Crippen molar-refractivity contribution in [2.24, 2.45) is 5.92 Å². The molecule has 9 nitrogen and oxygen atoms in total. The molecule has 1 saturated heterocycles. The number of fused-ring (bicyclic) bond motifs is 1. The van der Waals surface area contributed by atoms with Gasteiger partial charge in [-0.3, -0.25) is 4.57 Å². The highest BCUT2D eigenvalue weighted by Crippen LogP contribution is 2.42. The summed E-state index contributed by atoms with van der Waals surface area (Å²) >= 11 is 0. The average Bonchev–Trinajstić information content (AvgIpc) is 3.06. The number of hydrogen-bond acceptors (Lipinski definition) is 8. The van der Waals surface area contributed by atoms with Crippen LogP contribution in [0, 0.1) is 30.6 Å². The number of nitrogens with two attached hydrogens (primary N) is 1. The van der Waals surface area contributed by atoms with Gasteiger partial charge in [-0.15, -0.1) is 12.8 Å². The molecule has 0 unspecified atom stereocenters. The van der Waals surface area contributed by atoms with Gasteiger partial charge in [0, 0.05) is 0 Å². The van der Waals surface area contributed by atoms with Crippen LogP contribution in [-0.2, 0) is 4.74 Å². The molecule has 0 radical (unpaired) electrons. The maximum Gasteiger partial charge on any atom is 0.244 e. The molecule has 0 amide bonds. The minimum Gasteiger partial charge on any atom is -0.492 e. The van der Waals surface area contributed by atoms with Crippen LogP contribution in [0.4, 0.5) is 5.95 Å². The van der Waals surface area contributed by atoms with Gasteiger partial charge in [0.15, 0.2) is 23.0 Å². The lowest BCUT2D eigenvalue weighted by Crippen LogP contribution is -2.43. The van der Waals surface area contributed by atoms with Gasteiger partial charge in [0.25, 0.3) is 0 Å². The molecule has 118 valence electrons. The lowest BCUT2D eigenvalue weighted by atomic mass is 9.91. The maximum atomic E-state index is 10.3. The molecule has 5 N–H and O–H groups in total. The van der Waals surface area contributed by atoms with Crippen molar-refractivity contribution in [2.75, 3.05) is 12.3 Å². The van der Waals surface area contributed by atoms with E-state index in [0.717, 1.165) is 0 Å². The van der Waals surface area contributed by atoms with Gasteiger partial charge in [-0.1, -0.05) is 11.8 Å². The van der Waals surface area contributed by atoms with Crippen LogP contribution in [-0.4, -0.2) is 53.2 Å². The fourth-order valence-corrected chi connectivity index (χ4v) is 2.61. The van der Waals surface area contributed by atoms with Crippen LogP contribution in [0.1, 0.15) is 6.23 Å². The molecule has 0 saturated carbocycles. The van der Waals surface area contributed by atoms with Crippen LogP contribution >= 0.6 is 0 Å². The molecule has 0 bridgehead atoms.